The van der Waals surface area contributed by atoms with Crippen molar-refractivity contribution in [2.24, 2.45) is 0 Å². The van der Waals surface area contributed by atoms with Gasteiger partial charge in [-0.3, -0.25) is 4.98 Å². The largest absolute Gasteiger partial charge is 0.306 e. The minimum absolute atomic E-state index is 0.278. The van der Waals surface area contributed by atoms with Crippen LogP contribution in [0.15, 0.2) is 36.7 Å². The van der Waals surface area contributed by atoms with Crippen LogP contribution in [0.5, 0.6) is 0 Å². The van der Waals surface area contributed by atoms with E-state index in [1.54, 1.807) is 25.3 Å². The van der Waals surface area contributed by atoms with Crippen LogP contribution in [0.2, 0.25) is 0 Å². The molecule has 0 aliphatic carbocycles. The molecule has 0 spiro atoms. The Kier molecular flexibility index (Phi) is 4.79. The van der Waals surface area contributed by atoms with Gasteiger partial charge in [0.2, 0.25) is 0 Å². The lowest BCUT2D eigenvalue weighted by Gasteiger charge is -2.20. The molecule has 1 aromatic carbocycles. The molecule has 106 valence electrons. The monoisotopic (exact) mass is 276 g/mol. The van der Waals surface area contributed by atoms with Gasteiger partial charge in [-0.1, -0.05) is 19.1 Å². The van der Waals surface area contributed by atoms with Gasteiger partial charge in [0.1, 0.15) is 11.6 Å². The van der Waals surface area contributed by atoms with Gasteiger partial charge in [-0.15, -0.1) is 0 Å². The van der Waals surface area contributed by atoms with Crippen molar-refractivity contribution < 1.29 is 8.78 Å². The Morgan fingerprint density at radius 3 is 2.65 bits per heavy atom. The summed E-state index contributed by atoms with van der Waals surface area (Å²) >= 11 is 0. The molecule has 20 heavy (non-hydrogen) atoms. The van der Waals surface area contributed by atoms with E-state index in [0.29, 0.717) is 16.7 Å². The predicted octanol–water partition coefficient (Wildman–Crippen LogP) is 3.76. The van der Waals surface area contributed by atoms with Crippen LogP contribution in [0.1, 0.15) is 36.1 Å². The molecule has 0 radical (unpaired) electrons. The van der Waals surface area contributed by atoms with Crippen molar-refractivity contribution >= 4 is 0 Å². The summed E-state index contributed by atoms with van der Waals surface area (Å²) in [6.07, 6.45) is 3.64. The third-order valence-electron chi connectivity index (χ3n) is 3.24. The second-order valence-electron chi connectivity index (χ2n) is 4.79. The molecule has 4 heteroatoms. The van der Waals surface area contributed by atoms with Gasteiger partial charge in [-0.25, -0.2) is 8.78 Å². The van der Waals surface area contributed by atoms with Gasteiger partial charge in [0.25, 0.3) is 0 Å². The van der Waals surface area contributed by atoms with Crippen LogP contribution in [0.3, 0.4) is 0 Å². The molecule has 0 fully saturated rings. The van der Waals surface area contributed by atoms with Crippen LogP contribution in [-0.2, 0) is 0 Å². The molecule has 1 atom stereocenters. The highest BCUT2D eigenvalue weighted by Gasteiger charge is 2.18. The molecular weight excluding hydrogens is 258 g/mol. The molecule has 1 unspecified atom stereocenters. The van der Waals surface area contributed by atoms with Gasteiger partial charge in [-0.05, 0) is 43.1 Å². The summed E-state index contributed by atoms with van der Waals surface area (Å²) in [5.41, 5.74) is 1.78. The Morgan fingerprint density at radius 2 is 2.00 bits per heavy atom. The Bertz CT molecular complexity index is 584. The van der Waals surface area contributed by atoms with E-state index in [9.17, 15) is 8.78 Å². The number of nitrogens with zero attached hydrogens (tertiary/aromatic N) is 1. The molecule has 0 saturated carbocycles. The van der Waals surface area contributed by atoms with E-state index in [0.717, 1.165) is 13.0 Å². The second-order valence-corrected chi connectivity index (χ2v) is 4.79. The van der Waals surface area contributed by atoms with Gasteiger partial charge in [0.05, 0.1) is 12.2 Å². The van der Waals surface area contributed by atoms with Gasteiger partial charge in [0.15, 0.2) is 0 Å². The summed E-state index contributed by atoms with van der Waals surface area (Å²) in [6.45, 7) is 4.46. The summed E-state index contributed by atoms with van der Waals surface area (Å²) in [4.78, 5) is 3.76. The van der Waals surface area contributed by atoms with Crippen LogP contribution in [0, 0.1) is 18.6 Å². The number of benzene rings is 1. The number of hydrogen-bond acceptors (Lipinski definition) is 2. The molecule has 1 heterocycles. The number of hydrogen-bond donors (Lipinski definition) is 1. The fourth-order valence-electron chi connectivity index (χ4n) is 2.10. The maximum atomic E-state index is 13.9. The first-order valence-electron chi connectivity index (χ1n) is 6.72. The second kappa shape index (κ2) is 6.57. The van der Waals surface area contributed by atoms with Crippen LogP contribution in [-0.4, -0.2) is 11.5 Å². The highest BCUT2D eigenvalue weighted by atomic mass is 19.1. The number of nitrogens with one attached hydrogen (secondary N) is 1. The minimum Gasteiger partial charge on any atom is -0.306 e. The highest BCUT2D eigenvalue weighted by Crippen LogP contribution is 2.25. The van der Waals surface area contributed by atoms with Gasteiger partial charge in [0, 0.05) is 11.8 Å². The van der Waals surface area contributed by atoms with E-state index in [4.69, 9.17) is 0 Å². The van der Waals surface area contributed by atoms with Crippen molar-refractivity contribution in [2.75, 3.05) is 6.54 Å². The van der Waals surface area contributed by atoms with Gasteiger partial charge >= 0.3 is 0 Å². The van der Waals surface area contributed by atoms with Crippen molar-refractivity contribution in [3.8, 4) is 0 Å². The van der Waals surface area contributed by atoms with Crippen molar-refractivity contribution in [3.63, 3.8) is 0 Å². The van der Waals surface area contributed by atoms with Crippen molar-refractivity contribution in [1.82, 2.24) is 10.3 Å². The molecule has 0 bridgehead atoms. The number of rotatable bonds is 5. The fourth-order valence-corrected chi connectivity index (χ4v) is 2.10. The molecule has 0 aliphatic rings. The molecule has 0 aliphatic heterocycles. The number of halogens is 2. The topological polar surface area (TPSA) is 24.9 Å². The van der Waals surface area contributed by atoms with Crippen LogP contribution >= 0.6 is 0 Å². The average Bonchev–Trinajstić information content (AvgIpc) is 2.44. The molecule has 2 rings (SSSR count). The normalized spacial score (nSPS) is 12.4. The lowest BCUT2D eigenvalue weighted by molar-refractivity contribution is 0.539. The fraction of sp³-hybridized carbons (Fsp3) is 0.312. The summed E-state index contributed by atoms with van der Waals surface area (Å²) in [6, 6.07) is 6.26. The Morgan fingerprint density at radius 1 is 1.20 bits per heavy atom. The zero-order chi connectivity index (χ0) is 14.5. The van der Waals surface area contributed by atoms with Crippen LogP contribution in [0.4, 0.5) is 8.78 Å². The van der Waals surface area contributed by atoms with Gasteiger partial charge in [-0.2, -0.15) is 0 Å². The van der Waals surface area contributed by atoms with Gasteiger partial charge < -0.3 is 5.32 Å². The number of pyridine rings is 1. The standard InChI is InChI=1S/C16H18F2N2/c1-3-7-20-16(13-6-8-19-10-15(13)18)12-5-4-11(2)14(17)9-12/h4-6,8-10,16,20H,3,7H2,1-2H3. The minimum atomic E-state index is -0.387. The molecule has 0 amide bonds. The SMILES string of the molecule is CCCNC(c1ccc(C)c(F)c1)c1ccncc1F. The van der Waals surface area contributed by atoms with Crippen molar-refractivity contribution in [1.29, 1.82) is 0 Å². The van der Waals surface area contributed by atoms with Crippen molar-refractivity contribution in [3.05, 3.63) is 65.0 Å². The third kappa shape index (κ3) is 3.20. The molecular formula is C16H18F2N2. The Balaban J connectivity index is 2.41. The van der Waals surface area contributed by atoms with E-state index >= 15 is 0 Å². The summed E-state index contributed by atoms with van der Waals surface area (Å²) in [7, 11) is 0. The number of aromatic nitrogens is 1. The summed E-state index contributed by atoms with van der Waals surface area (Å²) in [5.74, 6) is -0.664. The lowest BCUT2D eigenvalue weighted by atomic mass is 9.98. The van der Waals surface area contributed by atoms with Crippen LogP contribution in [0.25, 0.3) is 0 Å². The predicted molar refractivity (Wildman–Crippen MR) is 75.5 cm³/mol. The quantitative estimate of drug-likeness (QED) is 0.899. The summed E-state index contributed by atoms with van der Waals surface area (Å²) in [5, 5.41) is 3.26. The number of aryl methyl sites for hydroxylation is 1. The third-order valence-corrected chi connectivity index (χ3v) is 3.24. The molecule has 0 saturated heterocycles. The molecule has 2 nitrogen and oxygen atoms in total. The molecule has 1 aromatic heterocycles. The smallest absolute Gasteiger partial charge is 0.146 e. The van der Waals surface area contributed by atoms with E-state index in [-0.39, 0.29) is 17.7 Å². The highest BCUT2D eigenvalue weighted by molar-refractivity contribution is 5.33. The maximum Gasteiger partial charge on any atom is 0.146 e. The zero-order valence-corrected chi connectivity index (χ0v) is 11.7. The van der Waals surface area contributed by atoms with E-state index in [1.807, 2.05) is 13.0 Å². The Labute approximate surface area is 117 Å². The van der Waals surface area contributed by atoms with E-state index in [2.05, 4.69) is 10.3 Å². The first kappa shape index (κ1) is 14.6. The summed E-state index contributed by atoms with van der Waals surface area (Å²) < 4.78 is 27.7. The average molecular weight is 276 g/mol. The van der Waals surface area contributed by atoms with Crippen LogP contribution < -0.4 is 5.32 Å². The lowest BCUT2D eigenvalue weighted by Crippen LogP contribution is -2.24. The first-order valence-corrected chi connectivity index (χ1v) is 6.72. The first-order chi connectivity index (χ1) is 9.63. The molecule has 1 N–H and O–H groups in total. The van der Waals surface area contributed by atoms with Crippen molar-refractivity contribution in [2.45, 2.75) is 26.3 Å². The van der Waals surface area contributed by atoms with E-state index < -0.39 is 0 Å². The molecule has 2 aromatic rings. The zero-order valence-electron chi connectivity index (χ0n) is 11.7. The maximum absolute atomic E-state index is 13.9. The Hall–Kier alpha value is -1.81. The van der Waals surface area contributed by atoms with E-state index in [1.165, 1.54) is 12.3 Å².